The van der Waals surface area contributed by atoms with Crippen LogP contribution in [0.2, 0.25) is 0 Å². The molecule has 0 bridgehead atoms. The van der Waals surface area contributed by atoms with Gasteiger partial charge in [-0.2, -0.15) is 0 Å². The van der Waals surface area contributed by atoms with Gasteiger partial charge in [-0.15, -0.1) is 11.3 Å². The van der Waals surface area contributed by atoms with Crippen LogP contribution >= 0.6 is 11.3 Å². The van der Waals surface area contributed by atoms with Gasteiger partial charge >= 0.3 is 0 Å². The number of nitrogens with zero attached hydrogens (tertiary/aromatic N) is 1. The van der Waals surface area contributed by atoms with Crippen LogP contribution in [0, 0.1) is 0 Å². The van der Waals surface area contributed by atoms with Gasteiger partial charge in [0.15, 0.2) is 9.84 Å². The molecule has 0 atom stereocenters. The Morgan fingerprint density at radius 3 is 2.85 bits per heavy atom. The summed E-state index contributed by atoms with van der Waals surface area (Å²) in [5.41, 5.74) is 0.440. The predicted octanol–water partition coefficient (Wildman–Crippen LogP) is 2.48. The van der Waals surface area contributed by atoms with Crippen molar-refractivity contribution >= 4 is 21.2 Å². The predicted molar refractivity (Wildman–Crippen MR) is 78.2 cm³/mol. The fraction of sp³-hybridized carbons (Fsp3) is 0.462. The third-order valence-electron chi connectivity index (χ3n) is 2.76. The van der Waals surface area contributed by atoms with Crippen molar-refractivity contribution in [2.24, 2.45) is 0 Å². The minimum absolute atomic E-state index is 0.0962. The quantitative estimate of drug-likeness (QED) is 0.757. The number of aliphatic hydroxyl groups excluding tert-OH is 1. The van der Waals surface area contributed by atoms with Gasteiger partial charge in [0.25, 0.3) is 0 Å². The molecule has 2 aromatic rings. The van der Waals surface area contributed by atoms with Crippen molar-refractivity contribution in [3.63, 3.8) is 0 Å². The average Bonchev–Trinajstić information content (AvgIpc) is 3.04. The van der Waals surface area contributed by atoms with Crippen LogP contribution in [0.15, 0.2) is 28.2 Å². The third-order valence-corrected chi connectivity index (χ3v) is 5.27. The van der Waals surface area contributed by atoms with E-state index in [4.69, 9.17) is 9.52 Å². The van der Waals surface area contributed by atoms with E-state index in [9.17, 15) is 8.42 Å². The monoisotopic (exact) mass is 315 g/mol. The molecule has 2 rings (SSSR count). The van der Waals surface area contributed by atoms with Crippen molar-refractivity contribution in [3.05, 3.63) is 29.5 Å². The summed E-state index contributed by atoms with van der Waals surface area (Å²) in [4.78, 5) is 5.09. The highest BCUT2D eigenvalue weighted by atomic mass is 32.2. The molecule has 0 aromatic carbocycles. The second-order valence-corrected chi connectivity index (χ2v) is 7.63. The summed E-state index contributed by atoms with van der Waals surface area (Å²) < 4.78 is 29.1. The molecule has 110 valence electrons. The maximum absolute atomic E-state index is 11.9. The van der Waals surface area contributed by atoms with Crippen molar-refractivity contribution in [2.45, 2.75) is 25.0 Å². The SMILES string of the molecule is O=S(=O)(CCCCCO)Cc1coc(-c2cccs2)n1. The largest absolute Gasteiger partial charge is 0.444 e. The van der Waals surface area contributed by atoms with Crippen molar-refractivity contribution < 1.29 is 17.9 Å². The number of aromatic nitrogens is 1. The Labute approximate surface area is 122 Å². The first-order valence-electron chi connectivity index (χ1n) is 6.40. The van der Waals surface area contributed by atoms with E-state index in [0.29, 0.717) is 24.4 Å². The number of rotatable bonds is 8. The van der Waals surface area contributed by atoms with E-state index in [1.54, 1.807) is 0 Å². The van der Waals surface area contributed by atoms with E-state index in [1.165, 1.54) is 17.6 Å². The Kier molecular flexibility index (Phi) is 5.33. The summed E-state index contributed by atoms with van der Waals surface area (Å²) >= 11 is 1.50. The molecule has 0 aliphatic carbocycles. The topological polar surface area (TPSA) is 80.4 Å². The van der Waals surface area contributed by atoms with E-state index in [0.717, 1.165) is 11.3 Å². The lowest BCUT2D eigenvalue weighted by Gasteiger charge is -2.01. The molecule has 0 saturated heterocycles. The zero-order valence-corrected chi connectivity index (χ0v) is 12.6. The zero-order valence-electron chi connectivity index (χ0n) is 11.0. The van der Waals surface area contributed by atoms with E-state index >= 15 is 0 Å². The smallest absolute Gasteiger partial charge is 0.236 e. The zero-order chi connectivity index (χ0) is 14.4. The van der Waals surface area contributed by atoms with Crippen molar-refractivity contribution in [1.29, 1.82) is 0 Å². The Morgan fingerprint density at radius 1 is 1.30 bits per heavy atom. The van der Waals surface area contributed by atoms with Gasteiger partial charge in [0.2, 0.25) is 5.89 Å². The molecule has 0 amide bonds. The first-order valence-corrected chi connectivity index (χ1v) is 9.10. The van der Waals surface area contributed by atoms with Crippen molar-refractivity contribution in [2.75, 3.05) is 12.4 Å². The number of hydrogen-bond acceptors (Lipinski definition) is 6. The van der Waals surface area contributed by atoms with E-state index in [2.05, 4.69) is 4.98 Å². The Bertz CT molecular complexity index is 617. The molecule has 7 heteroatoms. The minimum atomic E-state index is -3.17. The number of thiophene rings is 1. The maximum Gasteiger partial charge on any atom is 0.236 e. The van der Waals surface area contributed by atoms with Gasteiger partial charge in [0.05, 0.1) is 22.1 Å². The van der Waals surface area contributed by atoms with Gasteiger partial charge in [-0.1, -0.05) is 12.5 Å². The van der Waals surface area contributed by atoms with E-state index in [1.807, 2.05) is 17.5 Å². The maximum atomic E-state index is 11.9. The first kappa shape index (κ1) is 15.2. The van der Waals surface area contributed by atoms with Crippen molar-refractivity contribution in [1.82, 2.24) is 4.98 Å². The van der Waals surface area contributed by atoms with Crippen LogP contribution in [0.4, 0.5) is 0 Å². The highest BCUT2D eigenvalue weighted by molar-refractivity contribution is 7.90. The summed E-state index contributed by atoms with van der Waals surface area (Å²) in [6.45, 7) is 0.105. The summed E-state index contributed by atoms with van der Waals surface area (Å²) in [6, 6.07) is 3.77. The third kappa shape index (κ3) is 4.43. The lowest BCUT2D eigenvalue weighted by molar-refractivity contribution is 0.284. The van der Waals surface area contributed by atoms with Crippen LogP contribution in [0.3, 0.4) is 0 Å². The van der Waals surface area contributed by atoms with Gasteiger partial charge < -0.3 is 9.52 Å². The first-order chi connectivity index (χ1) is 9.61. The van der Waals surface area contributed by atoms with Crippen molar-refractivity contribution in [3.8, 4) is 10.8 Å². The summed E-state index contributed by atoms with van der Waals surface area (Å²) in [6.07, 6.45) is 3.33. The second-order valence-electron chi connectivity index (χ2n) is 4.50. The molecule has 0 spiro atoms. The number of oxazole rings is 1. The van der Waals surface area contributed by atoms with Gasteiger partial charge in [0, 0.05) is 6.61 Å². The summed E-state index contributed by atoms with van der Waals surface area (Å²) in [5, 5.41) is 10.6. The normalized spacial score (nSPS) is 11.8. The van der Waals surface area contributed by atoms with Crippen LogP contribution < -0.4 is 0 Å². The fourth-order valence-corrected chi connectivity index (χ4v) is 3.82. The highest BCUT2D eigenvalue weighted by Crippen LogP contribution is 2.24. The molecular formula is C13H17NO4S2. The summed E-state index contributed by atoms with van der Waals surface area (Å²) in [7, 11) is -3.17. The molecule has 5 nitrogen and oxygen atoms in total. The van der Waals surface area contributed by atoms with E-state index in [-0.39, 0.29) is 18.1 Å². The molecule has 0 aliphatic rings. The number of sulfone groups is 1. The molecule has 0 radical (unpaired) electrons. The molecule has 0 fully saturated rings. The molecular weight excluding hydrogens is 298 g/mol. The highest BCUT2D eigenvalue weighted by Gasteiger charge is 2.16. The van der Waals surface area contributed by atoms with Crippen LogP contribution in [-0.4, -0.2) is 30.9 Å². The van der Waals surface area contributed by atoms with Crippen LogP contribution in [0.1, 0.15) is 25.0 Å². The summed E-state index contributed by atoms with van der Waals surface area (Å²) in [5.74, 6) is 0.486. The van der Waals surface area contributed by atoms with Gasteiger partial charge in [-0.25, -0.2) is 13.4 Å². The van der Waals surface area contributed by atoms with Gasteiger partial charge in [-0.05, 0) is 24.3 Å². The molecule has 2 heterocycles. The van der Waals surface area contributed by atoms with Crippen LogP contribution in [0.5, 0.6) is 0 Å². The molecule has 0 aliphatic heterocycles. The fourth-order valence-electron chi connectivity index (χ4n) is 1.79. The molecule has 2 aromatic heterocycles. The van der Waals surface area contributed by atoms with Gasteiger partial charge in [0.1, 0.15) is 6.26 Å². The number of aliphatic hydroxyl groups is 1. The minimum Gasteiger partial charge on any atom is -0.444 e. The second kappa shape index (κ2) is 7.01. The Hall–Kier alpha value is -1.18. The molecule has 0 unspecified atom stereocenters. The lowest BCUT2D eigenvalue weighted by atomic mass is 10.3. The Morgan fingerprint density at radius 2 is 2.15 bits per heavy atom. The average molecular weight is 315 g/mol. The molecule has 0 saturated carbocycles. The molecule has 1 N–H and O–H groups in total. The van der Waals surface area contributed by atoms with Crippen LogP contribution in [0.25, 0.3) is 10.8 Å². The standard InChI is InChI=1S/C13H17NO4S2/c15-6-2-1-3-8-20(16,17)10-11-9-18-13(14-11)12-5-4-7-19-12/h4-5,7,9,15H,1-3,6,8,10H2. The molecule has 20 heavy (non-hydrogen) atoms. The van der Waals surface area contributed by atoms with Crippen LogP contribution in [-0.2, 0) is 15.6 Å². The lowest BCUT2D eigenvalue weighted by Crippen LogP contribution is -2.09. The number of hydrogen-bond donors (Lipinski definition) is 1. The Balaban J connectivity index is 1.92. The van der Waals surface area contributed by atoms with E-state index < -0.39 is 9.84 Å². The number of unbranched alkanes of at least 4 members (excludes halogenated alkanes) is 2. The van der Waals surface area contributed by atoms with Gasteiger partial charge in [-0.3, -0.25) is 0 Å².